The minimum absolute atomic E-state index is 0.0112. The van der Waals surface area contributed by atoms with E-state index in [1.165, 1.54) is 0 Å². The van der Waals surface area contributed by atoms with Gasteiger partial charge in [0.1, 0.15) is 5.82 Å². The van der Waals surface area contributed by atoms with Crippen LogP contribution in [0.15, 0.2) is 35.2 Å². The SMILES string of the molecule is CCCNc1ncccc1C(=O)N(C)Cc1ccsc1. The van der Waals surface area contributed by atoms with E-state index in [4.69, 9.17) is 0 Å². The van der Waals surface area contributed by atoms with Crippen molar-refractivity contribution in [1.29, 1.82) is 0 Å². The lowest BCUT2D eigenvalue weighted by Crippen LogP contribution is -2.27. The fraction of sp³-hybridized carbons (Fsp3) is 0.333. The van der Waals surface area contributed by atoms with Crippen LogP contribution in [0, 0.1) is 0 Å². The van der Waals surface area contributed by atoms with Gasteiger partial charge in [0.25, 0.3) is 5.91 Å². The molecule has 0 saturated carbocycles. The molecule has 106 valence electrons. The molecule has 0 unspecified atom stereocenters. The minimum atomic E-state index is -0.0112. The van der Waals surface area contributed by atoms with Gasteiger partial charge in [0.15, 0.2) is 0 Å². The maximum absolute atomic E-state index is 12.5. The first-order valence-electron chi connectivity index (χ1n) is 6.67. The van der Waals surface area contributed by atoms with E-state index in [0.717, 1.165) is 18.5 Å². The molecule has 0 aliphatic rings. The maximum atomic E-state index is 12.5. The maximum Gasteiger partial charge on any atom is 0.257 e. The normalized spacial score (nSPS) is 10.3. The van der Waals surface area contributed by atoms with Crippen molar-refractivity contribution in [1.82, 2.24) is 9.88 Å². The van der Waals surface area contributed by atoms with Crippen LogP contribution in [-0.4, -0.2) is 29.4 Å². The zero-order valence-electron chi connectivity index (χ0n) is 11.8. The number of amides is 1. The van der Waals surface area contributed by atoms with Gasteiger partial charge >= 0.3 is 0 Å². The van der Waals surface area contributed by atoms with E-state index in [2.05, 4.69) is 22.6 Å². The Morgan fingerprint density at radius 2 is 2.30 bits per heavy atom. The number of aromatic nitrogens is 1. The van der Waals surface area contributed by atoms with E-state index < -0.39 is 0 Å². The third-order valence-corrected chi connectivity index (χ3v) is 3.66. The Hall–Kier alpha value is -1.88. The molecule has 0 bridgehead atoms. The molecule has 1 amide bonds. The Balaban J connectivity index is 2.11. The van der Waals surface area contributed by atoms with E-state index in [-0.39, 0.29) is 5.91 Å². The second-order valence-electron chi connectivity index (χ2n) is 4.62. The molecule has 0 aliphatic carbocycles. The molecule has 2 aromatic heterocycles. The van der Waals surface area contributed by atoms with Gasteiger partial charge in [-0.05, 0) is 40.9 Å². The molecule has 1 N–H and O–H groups in total. The van der Waals surface area contributed by atoms with Gasteiger partial charge in [-0.15, -0.1) is 0 Å². The molecule has 4 nitrogen and oxygen atoms in total. The average molecular weight is 289 g/mol. The van der Waals surface area contributed by atoms with Crippen molar-refractivity contribution in [2.45, 2.75) is 19.9 Å². The van der Waals surface area contributed by atoms with Crippen LogP contribution in [0.2, 0.25) is 0 Å². The number of hydrogen-bond acceptors (Lipinski definition) is 4. The van der Waals surface area contributed by atoms with Gasteiger partial charge in [-0.3, -0.25) is 4.79 Å². The number of carbonyl (C=O) groups is 1. The molecule has 0 saturated heterocycles. The number of anilines is 1. The van der Waals surface area contributed by atoms with Crippen molar-refractivity contribution in [2.75, 3.05) is 18.9 Å². The Morgan fingerprint density at radius 3 is 3.00 bits per heavy atom. The molecule has 0 aliphatic heterocycles. The number of pyridine rings is 1. The molecule has 5 heteroatoms. The van der Waals surface area contributed by atoms with Crippen molar-refractivity contribution in [3.63, 3.8) is 0 Å². The standard InChI is InChI=1S/C15H19N3OS/c1-3-7-16-14-13(5-4-8-17-14)15(19)18(2)10-12-6-9-20-11-12/h4-6,8-9,11H,3,7,10H2,1-2H3,(H,16,17). The lowest BCUT2D eigenvalue weighted by molar-refractivity contribution is 0.0786. The summed E-state index contributed by atoms with van der Waals surface area (Å²) in [5.74, 6) is 0.652. The zero-order valence-corrected chi connectivity index (χ0v) is 12.6. The predicted octanol–water partition coefficient (Wildman–Crippen LogP) is 3.24. The number of carbonyl (C=O) groups excluding carboxylic acids is 1. The largest absolute Gasteiger partial charge is 0.369 e. The number of rotatable bonds is 6. The van der Waals surface area contributed by atoms with Gasteiger partial charge < -0.3 is 10.2 Å². The number of thiophene rings is 1. The van der Waals surface area contributed by atoms with Crippen LogP contribution in [0.4, 0.5) is 5.82 Å². The molecule has 0 atom stereocenters. The smallest absolute Gasteiger partial charge is 0.257 e. The quantitative estimate of drug-likeness (QED) is 0.888. The first kappa shape index (κ1) is 14.5. The topological polar surface area (TPSA) is 45.2 Å². The molecule has 2 heterocycles. The van der Waals surface area contributed by atoms with Gasteiger partial charge in [0, 0.05) is 26.3 Å². The van der Waals surface area contributed by atoms with Crippen LogP contribution in [0.25, 0.3) is 0 Å². The summed E-state index contributed by atoms with van der Waals surface area (Å²) in [7, 11) is 1.82. The Labute approximate surface area is 123 Å². The van der Waals surface area contributed by atoms with Crippen LogP contribution in [0.1, 0.15) is 29.3 Å². The highest BCUT2D eigenvalue weighted by atomic mass is 32.1. The van der Waals surface area contributed by atoms with Gasteiger partial charge in [0.05, 0.1) is 5.56 Å². The van der Waals surface area contributed by atoms with E-state index in [0.29, 0.717) is 17.9 Å². The summed E-state index contributed by atoms with van der Waals surface area (Å²) in [6, 6.07) is 5.65. The molecular formula is C15H19N3OS. The third-order valence-electron chi connectivity index (χ3n) is 2.93. The van der Waals surface area contributed by atoms with Crippen molar-refractivity contribution in [3.05, 3.63) is 46.3 Å². The van der Waals surface area contributed by atoms with E-state index >= 15 is 0 Å². The van der Waals surface area contributed by atoms with Crippen molar-refractivity contribution < 1.29 is 4.79 Å². The molecule has 0 radical (unpaired) electrons. The molecular weight excluding hydrogens is 270 g/mol. The van der Waals surface area contributed by atoms with Crippen LogP contribution in [0.5, 0.6) is 0 Å². The van der Waals surface area contributed by atoms with E-state index in [1.54, 1.807) is 28.5 Å². The highest BCUT2D eigenvalue weighted by molar-refractivity contribution is 7.07. The molecule has 2 aromatic rings. The van der Waals surface area contributed by atoms with Crippen LogP contribution < -0.4 is 5.32 Å². The molecule has 20 heavy (non-hydrogen) atoms. The van der Waals surface area contributed by atoms with Crippen molar-refractivity contribution in [2.24, 2.45) is 0 Å². The summed E-state index contributed by atoms with van der Waals surface area (Å²) in [5.41, 5.74) is 1.77. The second-order valence-corrected chi connectivity index (χ2v) is 5.40. The average Bonchev–Trinajstić information content (AvgIpc) is 2.97. The first-order chi connectivity index (χ1) is 9.72. The van der Waals surface area contributed by atoms with Crippen LogP contribution in [-0.2, 0) is 6.54 Å². The molecule has 2 rings (SSSR count). The van der Waals surface area contributed by atoms with Crippen molar-refractivity contribution >= 4 is 23.1 Å². The van der Waals surface area contributed by atoms with Gasteiger partial charge in [-0.2, -0.15) is 11.3 Å². The minimum Gasteiger partial charge on any atom is -0.369 e. The lowest BCUT2D eigenvalue weighted by atomic mass is 10.2. The van der Waals surface area contributed by atoms with Crippen molar-refractivity contribution in [3.8, 4) is 0 Å². The van der Waals surface area contributed by atoms with E-state index in [9.17, 15) is 4.79 Å². The van der Waals surface area contributed by atoms with Gasteiger partial charge in [-0.1, -0.05) is 6.92 Å². The summed E-state index contributed by atoms with van der Waals surface area (Å²) in [6.07, 6.45) is 2.70. The Morgan fingerprint density at radius 1 is 1.45 bits per heavy atom. The van der Waals surface area contributed by atoms with Crippen LogP contribution >= 0.6 is 11.3 Å². The summed E-state index contributed by atoms with van der Waals surface area (Å²) < 4.78 is 0. The first-order valence-corrected chi connectivity index (χ1v) is 7.62. The number of nitrogens with zero attached hydrogens (tertiary/aromatic N) is 2. The number of nitrogens with one attached hydrogen (secondary N) is 1. The highest BCUT2D eigenvalue weighted by Gasteiger charge is 2.16. The van der Waals surface area contributed by atoms with Gasteiger partial charge in [-0.25, -0.2) is 4.98 Å². The Bertz CT molecular complexity index is 554. The molecule has 0 aromatic carbocycles. The Kier molecular flexibility index (Phi) is 5.12. The summed E-state index contributed by atoms with van der Waals surface area (Å²) in [6.45, 7) is 3.51. The van der Waals surface area contributed by atoms with Gasteiger partial charge in [0.2, 0.25) is 0 Å². The lowest BCUT2D eigenvalue weighted by Gasteiger charge is -2.18. The predicted molar refractivity (Wildman–Crippen MR) is 83.1 cm³/mol. The zero-order chi connectivity index (χ0) is 14.4. The summed E-state index contributed by atoms with van der Waals surface area (Å²) in [5, 5.41) is 7.28. The second kappa shape index (κ2) is 7.05. The fourth-order valence-electron chi connectivity index (χ4n) is 1.90. The molecule has 0 fully saturated rings. The molecule has 0 spiro atoms. The number of hydrogen-bond donors (Lipinski definition) is 1. The highest BCUT2D eigenvalue weighted by Crippen LogP contribution is 2.16. The monoisotopic (exact) mass is 289 g/mol. The summed E-state index contributed by atoms with van der Waals surface area (Å²) >= 11 is 1.64. The van der Waals surface area contributed by atoms with E-state index in [1.807, 2.05) is 24.6 Å². The fourth-order valence-corrected chi connectivity index (χ4v) is 2.56. The third kappa shape index (κ3) is 3.57. The van der Waals surface area contributed by atoms with Crippen LogP contribution in [0.3, 0.4) is 0 Å². The summed E-state index contributed by atoms with van der Waals surface area (Å²) in [4.78, 5) is 18.5.